The molecule has 0 unspecified atom stereocenters. The van der Waals surface area contributed by atoms with Crippen LogP contribution in [-0.4, -0.2) is 18.6 Å². The Morgan fingerprint density at radius 1 is 0.880 bits per heavy atom. The number of carbonyl (C=O) groups is 1. The maximum Gasteiger partial charge on any atom is 0.435 e. The fourth-order valence-electron chi connectivity index (χ4n) is 2.05. The molecule has 0 saturated heterocycles. The van der Waals surface area contributed by atoms with Crippen LogP contribution in [0.2, 0.25) is 10.0 Å². The number of rotatable bonds is 3. The van der Waals surface area contributed by atoms with E-state index in [1.54, 1.807) is 0 Å². The molecule has 0 spiro atoms. The first-order chi connectivity index (χ1) is 11.3. The Balaban J connectivity index is 2.68. The van der Waals surface area contributed by atoms with E-state index in [0.717, 1.165) is 0 Å². The molecule has 0 bridgehead atoms. The van der Waals surface area contributed by atoms with Crippen molar-refractivity contribution < 1.29 is 39.9 Å². The predicted molar refractivity (Wildman–Crippen MR) is 74.4 cm³/mol. The minimum atomic E-state index is -6.30. The van der Waals surface area contributed by atoms with E-state index in [-0.39, 0.29) is 29.2 Å². The fraction of sp³-hybridized carbons (Fsp3) is 0.214. The molecule has 0 amide bonds. The topological polar surface area (TPSA) is 30.2 Å². The van der Waals surface area contributed by atoms with Crippen molar-refractivity contribution in [3.05, 3.63) is 45.6 Å². The van der Waals surface area contributed by atoms with E-state index in [1.165, 1.54) is 12.1 Å². The summed E-state index contributed by atoms with van der Waals surface area (Å²) in [5, 5.41) is -1.44. The van der Waals surface area contributed by atoms with Crippen LogP contribution in [0.15, 0.2) is 28.7 Å². The van der Waals surface area contributed by atoms with Crippen molar-refractivity contribution in [1.82, 2.24) is 0 Å². The highest BCUT2D eigenvalue weighted by molar-refractivity contribution is 6.39. The highest BCUT2D eigenvalue weighted by atomic mass is 35.5. The number of benzene rings is 1. The van der Waals surface area contributed by atoms with Gasteiger partial charge in [-0.1, -0.05) is 23.2 Å². The van der Waals surface area contributed by atoms with E-state index in [0.29, 0.717) is 6.29 Å². The Kier molecular flexibility index (Phi) is 4.86. The van der Waals surface area contributed by atoms with Crippen LogP contribution in [-0.2, 0) is 5.67 Å². The van der Waals surface area contributed by atoms with Gasteiger partial charge >= 0.3 is 18.0 Å². The second-order valence-corrected chi connectivity index (χ2v) is 5.60. The SMILES string of the molecule is O=Cc1ccc(-c2c(Cl)cc(C(F)(C(F)(F)F)C(F)(F)F)cc2Cl)o1. The third kappa shape index (κ3) is 3.22. The number of aldehydes is 1. The van der Waals surface area contributed by atoms with Crippen molar-refractivity contribution in [2.24, 2.45) is 0 Å². The average molecular weight is 409 g/mol. The van der Waals surface area contributed by atoms with Crippen LogP contribution in [0.4, 0.5) is 30.7 Å². The Hall–Kier alpha value is -1.74. The quantitative estimate of drug-likeness (QED) is 0.437. The molecule has 0 aliphatic heterocycles. The number of halogens is 9. The molecule has 0 N–H and O–H groups in total. The van der Waals surface area contributed by atoms with E-state index in [2.05, 4.69) is 0 Å². The molecular formula is C14H5Cl2F7O2. The van der Waals surface area contributed by atoms with E-state index in [4.69, 9.17) is 27.6 Å². The van der Waals surface area contributed by atoms with Gasteiger partial charge < -0.3 is 4.42 Å². The standard InChI is InChI=1S/C14H5Cl2F7O2/c15-8-3-6(12(17,13(18,19)20)14(21,22)23)4-9(16)11(8)10-2-1-7(5-24)25-10/h1-5H. The molecule has 1 aromatic carbocycles. The smallest absolute Gasteiger partial charge is 0.435 e. The van der Waals surface area contributed by atoms with Crippen molar-refractivity contribution in [3.63, 3.8) is 0 Å². The molecule has 2 aromatic rings. The average Bonchev–Trinajstić information content (AvgIpc) is 2.91. The van der Waals surface area contributed by atoms with Crippen molar-refractivity contribution in [3.8, 4) is 11.3 Å². The van der Waals surface area contributed by atoms with Crippen LogP contribution in [0.5, 0.6) is 0 Å². The third-order valence-electron chi connectivity index (χ3n) is 3.21. The molecule has 25 heavy (non-hydrogen) atoms. The maximum atomic E-state index is 14.1. The lowest BCUT2D eigenvalue weighted by Crippen LogP contribution is -2.50. The molecule has 1 aromatic heterocycles. The summed E-state index contributed by atoms with van der Waals surface area (Å²) < 4.78 is 95.7. The van der Waals surface area contributed by atoms with Gasteiger partial charge in [0.25, 0.3) is 0 Å². The van der Waals surface area contributed by atoms with Gasteiger partial charge in [0.05, 0.1) is 15.6 Å². The number of alkyl halides is 7. The van der Waals surface area contributed by atoms with Gasteiger partial charge in [-0.05, 0) is 24.3 Å². The summed E-state index contributed by atoms with van der Waals surface area (Å²) in [4.78, 5) is 10.6. The lowest BCUT2D eigenvalue weighted by Gasteiger charge is -2.30. The van der Waals surface area contributed by atoms with Gasteiger partial charge in [-0.2, -0.15) is 26.3 Å². The van der Waals surface area contributed by atoms with Crippen LogP contribution >= 0.6 is 23.2 Å². The summed E-state index contributed by atoms with van der Waals surface area (Å²) in [6.07, 6.45) is -12.3. The van der Waals surface area contributed by atoms with Gasteiger partial charge in [-0.15, -0.1) is 0 Å². The van der Waals surface area contributed by atoms with Crippen molar-refractivity contribution in [1.29, 1.82) is 0 Å². The normalized spacial score (nSPS) is 13.2. The summed E-state index contributed by atoms with van der Waals surface area (Å²) in [5.41, 5.74) is -7.77. The highest BCUT2D eigenvalue weighted by Crippen LogP contribution is 2.54. The van der Waals surface area contributed by atoms with Gasteiger partial charge in [-0.3, -0.25) is 4.79 Å². The zero-order valence-electron chi connectivity index (χ0n) is 11.6. The molecular weight excluding hydrogens is 404 g/mol. The van der Waals surface area contributed by atoms with Crippen molar-refractivity contribution in [2.45, 2.75) is 18.0 Å². The molecule has 11 heteroatoms. The number of carbonyl (C=O) groups excluding carboxylic acids is 1. The molecule has 1 heterocycles. The molecule has 0 atom stereocenters. The molecule has 0 aliphatic rings. The molecule has 2 rings (SSSR count). The molecule has 2 nitrogen and oxygen atoms in total. The first-order valence-electron chi connectivity index (χ1n) is 6.20. The van der Waals surface area contributed by atoms with Crippen LogP contribution in [0.1, 0.15) is 16.1 Å². The Morgan fingerprint density at radius 2 is 1.36 bits per heavy atom. The number of furan rings is 1. The van der Waals surface area contributed by atoms with Gasteiger partial charge in [0.1, 0.15) is 5.76 Å². The minimum absolute atomic E-state index is 0.160. The Labute approximate surface area is 145 Å². The van der Waals surface area contributed by atoms with Crippen LogP contribution in [0.3, 0.4) is 0 Å². The summed E-state index contributed by atoms with van der Waals surface area (Å²) in [6.45, 7) is 0. The van der Waals surface area contributed by atoms with E-state index in [9.17, 15) is 35.5 Å². The van der Waals surface area contributed by atoms with Gasteiger partial charge in [0.15, 0.2) is 12.0 Å². The van der Waals surface area contributed by atoms with Gasteiger partial charge in [-0.25, -0.2) is 4.39 Å². The lowest BCUT2D eigenvalue weighted by molar-refractivity contribution is -0.348. The maximum absolute atomic E-state index is 14.1. The second-order valence-electron chi connectivity index (χ2n) is 4.79. The zero-order chi connectivity index (χ0) is 19.2. The van der Waals surface area contributed by atoms with Crippen LogP contribution < -0.4 is 0 Å². The highest BCUT2D eigenvalue weighted by Gasteiger charge is 2.73. The molecule has 0 saturated carbocycles. The Morgan fingerprint density at radius 3 is 1.72 bits per heavy atom. The summed E-state index contributed by atoms with van der Waals surface area (Å²) in [5.74, 6) is -0.372. The van der Waals surface area contributed by atoms with Crippen molar-refractivity contribution >= 4 is 29.5 Å². The van der Waals surface area contributed by atoms with E-state index < -0.39 is 33.6 Å². The summed E-state index contributed by atoms with van der Waals surface area (Å²) >= 11 is 11.4. The first-order valence-corrected chi connectivity index (χ1v) is 6.95. The largest absolute Gasteiger partial charge is 0.453 e. The Bertz CT molecular complexity index is 771. The molecule has 0 aliphatic carbocycles. The van der Waals surface area contributed by atoms with Crippen molar-refractivity contribution in [2.75, 3.05) is 0 Å². The minimum Gasteiger partial charge on any atom is -0.453 e. The number of hydrogen-bond acceptors (Lipinski definition) is 2. The zero-order valence-corrected chi connectivity index (χ0v) is 13.1. The predicted octanol–water partition coefficient (Wildman–Crippen LogP) is 6.36. The monoisotopic (exact) mass is 408 g/mol. The van der Waals surface area contributed by atoms with E-state index >= 15 is 0 Å². The van der Waals surface area contributed by atoms with Gasteiger partial charge in [0, 0.05) is 5.56 Å². The van der Waals surface area contributed by atoms with Crippen LogP contribution in [0, 0.1) is 0 Å². The van der Waals surface area contributed by atoms with E-state index in [1.807, 2.05) is 0 Å². The molecule has 0 fully saturated rings. The first kappa shape index (κ1) is 19.6. The van der Waals surface area contributed by atoms with Crippen LogP contribution in [0.25, 0.3) is 11.3 Å². The second kappa shape index (κ2) is 6.21. The van der Waals surface area contributed by atoms with Gasteiger partial charge in [0.2, 0.25) is 0 Å². The molecule has 0 radical (unpaired) electrons. The lowest BCUT2D eigenvalue weighted by atomic mass is 9.93. The summed E-state index contributed by atoms with van der Waals surface area (Å²) in [6, 6.07) is 2.67. The fourth-order valence-corrected chi connectivity index (χ4v) is 2.72. The molecule has 136 valence electrons. The third-order valence-corrected chi connectivity index (χ3v) is 3.81. The number of hydrogen-bond donors (Lipinski definition) is 0. The summed E-state index contributed by atoms with van der Waals surface area (Å²) in [7, 11) is 0.